The number of para-hydroxylation sites is 1. The van der Waals surface area contributed by atoms with Crippen LogP contribution >= 0.6 is 0 Å². The third kappa shape index (κ3) is 5.27. The molecule has 0 spiro atoms. The second-order valence-corrected chi connectivity index (χ2v) is 8.12. The zero-order chi connectivity index (χ0) is 24.1. The van der Waals surface area contributed by atoms with Crippen LogP contribution in [0.25, 0.3) is 11.7 Å². The fourth-order valence-corrected chi connectivity index (χ4v) is 3.85. The lowest BCUT2D eigenvalue weighted by molar-refractivity contribution is -0.125. The Kier molecular flexibility index (Phi) is 6.94. The summed E-state index contributed by atoms with van der Waals surface area (Å²) in [5.74, 6) is 0.637. The Morgan fingerprint density at radius 3 is 2.47 bits per heavy atom. The molecule has 0 aliphatic carbocycles. The largest absolute Gasteiger partial charge is 0.459 e. The molecule has 1 aromatic carbocycles. The third-order valence-corrected chi connectivity index (χ3v) is 5.67. The first-order valence-corrected chi connectivity index (χ1v) is 11.0. The van der Waals surface area contributed by atoms with Crippen LogP contribution < -0.4 is 15.5 Å². The van der Waals surface area contributed by atoms with Crippen LogP contribution in [0, 0.1) is 25.2 Å². The molecule has 4 rings (SSSR count). The van der Waals surface area contributed by atoms with E-state index in [0.29, 0.717) is 37.8 Å². The van der Waals surface area contributed by atoms with E-state index in [2.05, 4.69) is 21.7 Å². The first kappa shape index (κ1) is 23.1. The summed E-state index contributed by atoms with van der Waals surface area (Å²) < 4.78 is 11.1. The summed E-state index contributed by atoms with van der Waals surface area (Å²) in [4.78, 5) is 32.8. The van der Waals surface area contributed by atoms with E-state index in [0.717, 1.165) is 16.8 Å². The summed E-state index contributed by atoms with van der Waals surface area (Å²) in [5.41, 5.74) is 2.92. The van der Waals surface area contributed by atoms with Crippen molar-refractivity contribution in [3.63, 3.8) is 0 Å². The Labute approximate surface area is 197 Å². The predicted molar refractivity (Wildman–Crippen MR) is 125 cm³/mol. The van der Waals surface area contributed by atoms with E-state index < -0.39 is 0 Å². The van der Waals surface area contributed by atoms with Crippen molar-refractivity contribution in [3.05, 3.63) is 53.4 Å². The Balaban J connectivity index is 1.25. The number of rotatable bonds is 7. The van der Waals surface area contributed by atoms with Gasteiger partial charge in [0.15, 0.2) is 5.76 Å². The van der Waals surface area contributed by atoms with Gasteiger partial charge in [0.1, 0.15) is 6.07 Å². The molecule has 0 bridgehead atoms. The van der Waals surface area contributed by atoms with Gasteiger partial charge in [-0.25, -0.2) is 0 Å². The minimum atomic E-state index is -0.266. The summed E-state index contributed by atoms with van der Waals surface area (Å²) in [5, 5.41) is 15.0. The number of nitrogens with zero attached hydrogens (tertiary/aromatic N) is 4. The fourth-order valence-electron chi connectivity index (χ4n) is 3.85. The van der Waals surface area contributed by atoms with Crippen LogP contribution in [0.2, 0.25) is 0 Å². The number of nitrogens with one attached hydrogen (secondary N) is 2. The minimum Gasteiger partial charge on any atom is -0.459 e. The number of hydrogen-bond donors (Lipinski definition) is 2. The van der Waals surface area contributed by atoms with Crippen molar-refractivity contribution in [2.75, 3.05) is 49.5 Å². The Morgan fingerprint density at radius 1 is 1.09 bits per heavy atom. The minimum absolute atomic E-state index is 0.0915. The molecule has 1 fully saturated rings. The molecule has 176 valence electrons. The van der Waals surface area contributed by atoms with Gasteiger partial charge in [-0.05, 0) is 37.1 Å². The number of carbonyl (C=O) groups excluding carboxylic acids is 2. The van der Waals surface area contributed by atoms with Gasteiger partial charge in [0.05, 0.1) is 19.4 Å². The summed E-state index contributed by atoms with van der Waals surface area (Å²) in [6.45, 7) is 6.29. The first-order valence-electron chi connectivity index (χ1n) is 11.0. The van der Waals surface area contributed by atoms with Gasteiger partial charge in [0, 0.05) is 31.9 Å². The zero-order valence-corrected chi connectivity index (χ0v) is 19.1. The molecule has 2 amide bonds. The van der Waals surface area contributed by atoms with Crippen molar-refractivity contribution >= 4 is 23.4 Å². The molecule has 1 aliphatic heterocycles. The highest BCUT2D eigenvalue weighted by molar-refractivity contribution is 5.95. The van der Waals surface area contributed by atoms with Gasteiger partial charge in [-0.2, -0.15) is 10.2 Å². The lowest BCUT2D eigenvalue weighted by Crippen LogP contribution is -2.50. The van der Waals surface area contributed by atoms with E-state index >= 15 is 0 Å². The number of oxazole rings is 1. The average molecular weight is 463 g/mol. The molecular weight excluding hydrogens is 436 g/mol. The molecule has 0 atom stereocenters. The van der Waals surface area contributed by atoms with Gasteiger partial charge in [0.2, 0.25) is 23.4 Å². The zero-order valence-electron chi connectivity index (χ0n) is 19.1. The third-order valence-electron chi connectivity index (χ3n) is 5.67. The van der Waals surface area contributed by atoms with E-state index in [1.165, 1.54) is 6.26 Å². The Morgan fingerprint density at radius 2 is 1.82 bits per heavy atom. The number of aromatic nitrogens is 1. The van der Waals surface area contributed by atoms with Crippen molar-refractivity contribution in [2.45, 2.75) is 13.8 Å². The Bertz CT molecular complexity index is 1180. The summed E-state index contributed by atoms with van der Waals surface area (Å²) >= 11 is 0. The number of anilines is 2. The number of nitriles is 1. The number of carbonyl (C=O) groups is 2. The number of aryl methyl sites for hydroxylation is 2. The number of benzene rings is 1. The van der Waals surface area contributed by atoms with Crippen molar-refractivity contribution in [2.24, 2.45) is 0 Å². The second-order valence-electron chi connectivity index (χ2n) is 8.12. The molecule has 1 saturated heterocycles. The first-order chi connectivity index (χ1) is 16.4. The molecule has 3 aromatic rings. The molecule has 0 saturated carbocycles. The van der Waals surface area contributed by atoms with Gasteiger partial charge >= 0.3 is 0 Å². The quantitative estimate of drug-likeness (QED) is 0.548. The number of furan rings is 1. The van der Waals surface area contributed by atoms with E-state index in [1.54, 1.807) is 12.1 Å². The smallest absolute Gasteiger partial charge is 0.266 e. The van der Waals surface area contributed by atoms with E-state index in [-0.39, 0.29) is 36.5 Å². The van der Waals surface area contributed by atoms with Crippen LogP contribution in [0.5, 0.6) is 0 Å². The molecule has 0 unspecified atom stereocenters. The predicted octanol–water partition coefficient (Wildman–Crippen LogP) is 2.30. The highest BCUT2D eigenvalue weighted by atomic mass is 16.4. The highest BCUT2D eigenvalue weighted by Crippen LogP contribution is 2.29. The summed E-state index contributed by atoms with van der Waals surface area (Å²) in [6.07, 6.45) is 1.52. The van der Waals surface area contributed by atoms with Gasteiger partial charge in [-0.3, -0.25) is 14.5 Å². The lowest BCUT2D eigenvalue weighted by Gasteiger charge is -2.33. The summed E-state index contributed by atoms with van der Waals surface area (Å²) in [7, 11) is 0. The van der Waals surface area contributed by atoms with Crippen molar-refractivity contribution < 1.29 is 18.4 Å². The van der Waals surface area contributed by atoms with E-state index in [9.17, 15) is 14.9 Å². The van der Waals surface area contributed by atoms with Crippen molar-refractivity contribution in [3.8, 4) is 17.7 Å². The highest BCUT2D eigenvalue weighted by Gasteiger charge is 2.26. The topological polar surface area (TPSA) is 128 Å². The monoisotopic (exact) mass is 462 g/mol. The molecular formula is C24H26N6O4. The second kappa shape index (κ2) is 10.2. The number of amides is 2. The van der Waals surface area contributed by atoms with Crippen LogP contribution in [0.15, 0.2) is 45.4 Å². The van der Waals surface area contributed by atoms with Crippen LogP contribution in [-0.4, -0.2) is 61.0 Å². The number of hydrogen-bond acceptors (Lipinski definition) is 8. The SMILES string of the molecule is Cc1cccc(C)c1NC(=O)CNC(=O)CN1CCN(c2oc(-c3ccco3)nc2C#N)CC1. The molecule has 2 aromatic heterocycles. The van der Waals surface area contributed by atoms with Crippen LogP contribution in [0.4, 0.5) is 11.6 Å². The van der Waals surface area contributed by atoms with Crippen LogP contribution in [0.3, 0.4) is 0 Å². The molecule has 0 radical (unpaired) electrons. The van der Waals surface area contributed by atoms with Crippen LogP contribution in [-0.2, 0) is 9.59 Å². The molecule has 10 heteroatoms. The number of piperazine rings is 1. The van der Waals surface area contributed by atoms with E-state index in [4.69, 9.17) is 8.83 Å². The molecule has 2 N–H and O–H groups in total. The van der Waals surface area contributed by atoms with Crippen molar-refractivity contribution in [1.29, 1.82) is 5.26 Å². The fraction of sp³-hybridized carbons (Fsp3) is 0.333. The van der Waals surface area contributed by atoms with E-state index in [1.807, 2.05) is 41.8 Å². The molecule has 10 nitrogen and oxygen atoms in total. The standard InChI is InChI=1S/C24H26N6O4/c1-16-5-3-6-17(2)22(16)28-20(31)14-26-21(32)15-29-8-10-30(11-9-29)24-18(13-25)27-23(34-24)19-7-4-12-33-19/h3-7,12H,8-11,14-15H2,1-2H3,(H,26,32)(H,28,31). The van der Waals surface area contributed by atoms with Gasteiger partial charge in [-0.15, -0.1) is 0 Å². The molecule has 1 aliphatic rings. The van der Waals surface area contributed by atoms with Crippen molar-refractivity contribution in [1.82, 2.24) is 15.2 Å². The maximum Gasteiger partial charge on any atom is 0.266 e. The summed E-state index contributed by atoms with van der Waals surface area (Å²) in [6, 6.07) is 11.3. The maximum absolute atomic E-state index is 12.4. The lowest BCUT2D eigenvalue weighted by atomic mass is 10.1. The molecule has 3 heterocycles. The van der Waals surface area contributed by atoms with Gasteiger partial charge < -0.3 is 24.4 Å². The maximum atomic E-state index is 12.4. The molecule has 34 heavy (non-hydrogen) atoms. The Hall–Kier alpha value is -4.10. The van der Waals surface area contributed by atoms with Crippen LogP contribution in [0.1, 0.15) is 16.8 Å². The van der Waals surface area contributed by atoms with Gasteiger partial charge in [-0.1, -0.05) is 18.2 Å². The average Bonchev–Trinajstić information content (AvgIpc) is 3.51. The van der Waals surface area contributed by atoms with Gasteiger partial charge in [0.25, 0.3) is 5.89 Å². The normalized spacial score (nSPS) is 14.0.